The minimum Gasteiger partial charge on any atom is -0.484 e. The highest BCUT2D eigenvalue weighted by Crippen LogP contribution is 2.28. The average molecular weight is 631 g/mol. The fourth-order valence-corrected chi connectivity index (χ4v) is 4.66. The summed E-state index contributed by atoms with van der Waals surface area (Å²) in [6.07, 6.45) is 1.91. The Morgan fingerprint density at radius 2 is 1.95 bits per heavy atom. The molecule has 1 aliphatic rings. The van der Waals surface area contributed by atoms with Crippen LogP contribution in [0.1, 0.15) is 18.4 Å². The van der Waals surface area contributed by atoms with Crippen molar-refractivity contribution in [2.45, 2.75) is 25.8 Å². The second-order valence-electron chi connectivity index (χ2n) is 9.03. The number of benzene rings is 2. The van der Waals surface area contributed by atoms with E-state index in [1.54, 1.807) is 24.3 Å². The lowest BCUT2D eigenvalue weighted by molar-refractivity contribution is -0.123. The van der Waals surface area contributed by atoms with E-state index < -0.39 is 22.6 Å². The van der Waals surface area contributed by atoms with Crippen molar-refractivity contribution in [1.82, 2.24) is 19.4 Å². The number of rotatable bonds is 7. The molecule has 10 nitrogen and oxygen atoms in total. The summed E-state index contributed by atoms with van der Waals surface area (Å²) in [5.74, 6) is -0.476. The number of aromatic amines is 1. The van der Waals surface area contributed by atoms with Gasteiger partial charge in [0.05, 0.1) is 16.9 Å². The number of pyridine rings is 1. The highest BCUT2D eigenvalue weighted by molar-refractivity contribution is 14.1. The van der Waals surface area contributed by atoms with Gasteiger partial charge in [0.2, 0.25) is 0 Å². The van der Waals surface area contributed by atoms with E-state index in [0.717, 1.165) is 12.8 Å². The van der Waals surface area contributed by atoms with Gasteiger partial charge in [-0.1, -0.05) is 6.07 Å². The molecule has 5 rings (SSSR count). The third-order valence-electron chi connectivity index (χ3n) is 6.24. The third-order valence-corrected chi connectivity index (χ3v) is 6.91. The Balaban J connectivity index is 1.65. The molecular formula is C26H23FIN5O5. The fraction of sp³-hybridized carbons (Fsp3) is 0.231. The van der Waals surface area contributed by atoms with Crippen LogP contribution in [0.3, 0.4) is 0 Å². The maximum atomic E-state index is 14.7. The summed E-state index contributed by atoms with van der Waals surface area (Å²) in [7, 11) is 1.46. The molecule has 0 bridgehead atoms. The predicted molar refractivity (Wildman–Crippen MR) is 149 cm³/mol. The fourth-order valence-electron chi connectivity index (χ4n) is 4.20. The van der Waals surface area contributed by atoms with E-state index in [1.165, 1.54) is 41.3 Å². The van der Waals surface area contributed by atoms with Crippen LogP contribution in [-0.2, 0) is 11.8 Å². The highest BCUT2D eigenvalue weighted by Gasteiger charge is 2.24. The molecule has 4 aromatic rings. The van der Waals surface area contributed by atoms with E-state index in [1.807, 2.05) is 22.6 Å². The number of ether oxygens (including phenoxy) is 1. The van der Waals surface area contributed by atoms with Gasteiger partial charge in [0.15, 0.2) is 6.61 Å². The first kappa shape index (κ1) is 25.7. The van der Waals surface area contributed by atoms with Crippen molar-refractivity contribution in [2.24, 2.45) is 7.05 Å². The molecule has 0 saturated heterocycles. The number of fused-ring (bicyclic) bond motifs is 1. The lowest BCUT2D eigenvalue weighted by atomic mass is 10.1. The number of aryl methyl sites for hydroxylation is 1. The molecule has 196 valence electrons. The summed E-state index contributed by atoms with van der Waals surface area (Å²) in [6, 6.07) is 11.1. The second-order valence-corrected chi connectivity index (χ2v) is 10.3. The van der Waals surface area contributed by atoms with Gasteiger partial charge in [-0.25, -0.2) is 9.18 Å². The summed E-state index contributed by atoms with van der Waals surface area (Å²) in [4.78, 5) is 53.7. The Morgan fingerprint density at radius 3 is 2.66 bits per heavy atom. The van der Waals surface area contributed by atoms with Gasteiger partial charge in [0.25, 0.3) is 17.0 Å². The quantitative estimate of drug-likeness (QED) is 0.270. The zero-order chi connectivity index (χ0) is 27.1. The van der Waals surface area contributed by atoms with Crippen LogP contribution in [0.25, 0.3) is 16.6 Å². The SMILES string of the molecule is Cc1c(=O)n(C)c(Nc2ccc(I)cc2F)c2c(=O)[nH]c(=O)n(-c3cccc(OCC(=O)NC4CC4)c3)c12. The van der Waals surface area contributed by atoms with Crippen molar-refractivity contribution in [2.75, 3.05) is 11.9 Å². The topological polar surface area (TPSA) is 127 Å². The van der Waals surface area contributed by atoms with Crippen LogP contribution in [0.15, 0.2) is 56.8 Å². The Kier molecular flexibility index (Phi) is 6.82. The number of aromatic nitrogens is 3. The van der Waals surface area contributed by atoms with Crippen molar-refractivity contribution in [1.29, 1.82) is 0 Å². The van der Waals surface area contributed by atoms with Crippen molar-refractivity contribution >= 4 is 50.9 Å². The molecule has 0 aliphatic heterocycles. The number of hydrogen-bond acceptors (Lipinski definition) is 6. The lowest BCUT2D eigenvalue weighted by Gasteiger charge is -2.19. The zero-order valence-electron chi connectivity index (χ0n) is 20.4. The normalized spacial score (nSPS) is 12.9. The number of anilines is 2. The number of nitrogens with zero attached hydrogens (tertiary/aromatic N) is 2. The van der Waals surface area contributed by atoms with E-state index in [2.05, 4.69) is 15.6 Å². The molecule has 2 heterocycles. The third kappa shape index (κ3) is 4.95. The van der Waals surface area contributed by atoms with E-state index in [9.17, 15) is 23.6 Å². The number of hydrogen-bond donors (Lipinski definition) is 3. The summed E-state index contributed by atoms with van der Waals surface area (Å²) in [5, 5.41) is 5.69. The summed E-state index contributed by atoms with van der Waals surface area (Å²) in [5.41, 5.74) is -1.41. The highest BCUT2D eigenvalue weighted by atomic mass is 127. The molecule has 12 heteroatoms. The molecule has 1 saturated carbocycles. The maximum absolute atomic E-state index is 14.7. The maximum Gasteiger partial charge on any atom is 0.333 e. The van der Waals surface area contributed by atoms with Crippen LogP contribution in [0.4, 0.5) is 15.9 Å². The molecule has 38 heavy (non-hydrogen) atoms. The summed E-state index contributed by atoms with van der Waals surface area (Å²) < 4.78 is 23.4. The average Bonchev–Trinajstić information content (AvgIpc) is 3.69. The van der Waals surface area contributed by atoms with Crippen LogP contribution < -0.4 is 32.2 Å². The number of carbonyl (C=O) groups excluding carboxylic acids is 1. The number of nitrogens with one attached hydrogen (secondary N) is 3. The molecule has 0 radical (unpaired) electrons. The van der Waals surface area contributed by atoms with Gasteiger partial charge in [0.1, 0.15) is 22.8 Å². The number of halogens is 2. The van der Waals surface area contributed by atoms with Gasteiger partial charge in [-0.05, 0) is 72.7 Å². The van der Waals surface area contributed by atoms with Crippen LogP contribution in [0.5, 0.6) is 5.75 Å². The van der Waals surface area contributed by atoms with Gasteiger partial charge in [-0.15, -0.1) is 0 Å². The van der Waals surface area contributed by atoms with E-state index >= 15 is 0 Å². The van der Waals surface area contributed by atoms with Gasteiger partial charge >= 0.3 is 5.69 Å². The molecule has 3 N–H and O–H groups in total. The minimum absolute atomic E-state index is 0.00252. The minimum atomic E-state index is -0.770. The van der Waals surface area contributed by atoms with Crippen molar-refractivity contribution in [3.8, 4) is 11.4 Å². The largest absolute Gasteiger partial charge is 0.484 e. The predicted octanol–water partition coefficient (Wildman–Crippen LogP) is 2.83. The number of H-pyrrole nitrogens is 1. The first-order valence-corrected chi connectivity index (χ1v) is 12.8. The van der Waals surface area contributed by atoms with Gasteiger partial charge in [-0.3, -0.25) is 28.5 Å². The van der Waals surface area contributed by atoms with Crippen LogP contribution in [0, 0.1) is 16.3 Å². The van der Waals surface area contributed by atoms with E-state index in [-0.39, 0.29) is 46.5 Å². The summed E-state index contributed by atoms with van der Waals surface area (Å²) in [6.45, 7) is 1.31. The van der Waals surface area contributed by atoms with Crippen molar-refractivity contribution in [3.63, 3.8) is 0 Å². The molecule has 1 fully saturated rings. The van der Waals surface area contributed by atoms with Crippen molar-refractivity contribution in [3.05, 3.63) is 88.6 Å². The summed E-state index contributed by atoms with van der Waals surface area (Å²) >= 11 is 1.97. The smallest absolute Gasteiger partial charge is 0.333 e. The van der Waals surface area contributed by atoms with Crippen molar-refractivity contribution < 1.29 is 13.9 Å². The van der Waals surface area contributed by atoms with Gasteiger partial charge in [0, 0.05) is 28.3 Å². The Hall–Kier alpha value is -3.94. The molecule has 2 aromatic carbocycles. The van der Waals surface area contributed by atoms with E-state index in [0.29, 0.717) is 15.0 Å². The lowest BCUT2D eigenvalue weighted by Crippen LogP contribution is -2.34. The van der Waals surface area contributed by atoms with E-state index in [4.69, 9.17) is 4.74 Å². The van der Waals surface area contributed by atoms with Crippen LogP contribution >= 0.6 is 22.6 Å². The van der Waals surface area contributed by atoms with Gasteiger partial charge in [-0.2, -0.15) is 0 Å². The molecule has 1 amide bonds. The zero-order valence-corrected chi connectivity index (χ0v) is 22.6. The van der Waals surface area contributed by atoms with Crippen LogP contribution in [-0.4, -0.2) is 32.7 Å². The first-order chi connectivity index (χ1) is 18.1. The number of amides is 1. The standard InChI is InChI=1S/C26H23FIN5O5/c1-13-22-21(23(32(2)25(13)36)30-19-9-6-14(28)10-18(19)27)24(35)31-26(37)33(22)16-4-3-5-17(11-16)38-12-20(34)29-15-7-8-15/h3-6,9-11,15,30H,7-8,12H2,1-2H3,(H,29,34)(H,31,35,37). The Morgan fingerprint density at radius 1 is 1.18 bits per heavy atom. The molecular weight excluding hydrogens is 608 g/mol. The second kappa shape index (κ2) is 10.1. The number of carbonyl (C=O) groups is 1. The van der Waals surface area contributed by atoms with Crippen LogP contribution in [0.2, 0.25) is 0 Å². The molecule has 0 spiro atoms. The molecule has 0 atom stereocenters. The molecule has 1 aliphatic carbocycles. The monoisotopic (exact) mass is 631 g/mol. The molecule has 2 aromatic heterocycles. The first-order valence-electron chi connectivity index (χ1n) is 11.8. The molecule has 0 unspecified atom stereocenters. The Labute approximate surface area is 228 Å². The Bertz CT molecular complexity index is 1770. The van der Waals surface area contributed by atoms with Gasteiger partial charge < -0.3 is 15.4 Å².